The van der Waals surface area contributed by atoms with E-state index >= 15 is 0 Å². The summed E-state index contributed by atoms with van der Waals surface area (Å²) in [5.74, 6) is 0. The predicted octanol–water partition coefficient (Wildman–Crippen LogP) is 4.71. The number of hydrogen-bond acceptors (Lipinski definition) is 2. The molecule has 0 saturated heterocycles. The highest BCUT2D eigenvalue weighted by molar-refractivity contribution is 4.95. The van der Waals surface area contributed by atoms with Gasteiger partial charge in [0, 0.05) is 25.5 Å². The summed E-state index contributed by atoms with van der Waals surface area (Å²) in [5.41, 5.74) is 0. The van der Waals surface area contributed by atoms with E-state index in [1.807, 2.05) is 0 Å². The van der Waals surface area contributed by atoms with Gasteiger partial charge in [-0.25, -0.2) is 0 Å². The van der Waals surface area contributed by atoms with E-state index in [0.29, 0.717) is 6.17 Å². The molecule has 0 aromatic heterocycles. The van der Waals surface area contributed by atoms with Crippen LogP contribution in [0.5, 0.6) is 0 Å². The van der Waals surface area contributed by atoms with E-state index in [9.17, 15) is 0 Å². The molecule has 0 spiro atoms. The minimum atomic E-state index is 0. The molecule has 1 heterocycles. The molecule has 1 aliphatic heterocycles. The Morgan fingerprint density at radius 3 is 1.15 bits per heavy atom. The zero-order valence-corrected chi connectivity index (χ0v) is 20.3. The Hall–Kier alpha value is -0.180. The van der Waals surface area contributed by atoms with E-state index in [4.69, 9.17) is 0 Å². The maximum atomic E-state index is 2.54. The van der Waals surface area contributed by atoms with E-state index < -0.39 is 0 Å². The predicted molar refractivity (Wildman–Crippen MR) is 117 cm³/mol. The Morgan fingerprint density at radius 2 is 0.815 bits per heavy atom. The van der Waals surface area contributed by atoms with Crippen LogP contribution in [0, 0.1) is 0 Å². The van der Waals surface area contributed by atoms with Gasteiger partial charge in [-0.05, 0) is 19.8 Å². The lowest BCUT2D eigenvalue weighted by molar-refractivity contribution is -0.00000598. The molecule has 162 valence electrons. The molecule has 3 heteroatoms. The number of nitrogens with zero attached hydrogens (tertiary/aromatic N) is 2. The molecule has 2 nitrogen and oxygen atoms in total. The minimum absolute atomic E-state index is 0. The second-order valence-corrected chi connectivity index (χ2v) is 8.36. The summed E-state index contributed by atoms with van der Waals surface area (Å²) >= 11 is 0. The third-order valence-electron chi connectivity index (χ3n) is 5.95. The van der Waals surface area contributed by atoms with E-state index in [0.717, 1.165) is 0 Å². The first-order valence-corrected chi connectivity index (χ1v) is 12.0. The fourth-order valence-electron chi connectivity index (χ4n) is 3.99. The van der Waals surface area contributed by atoms with Crippen LogP contribution in [-0.2, 0) is 0 Å². The van der Waals surface area contributed by atoms with E-state index in [1.54, 1.807) is 0 Å². The molecule has 0 saturated carbocycles. The van der Waals surface area contributed by atoms with Crippen molar-refractivity contribution in [3.05, 3.63) is 12.4 Å². The van der Waals surface area contributed by atoms with E-state index in [-0.39, 0.29) is 17.0 Å². The van der Waals surface area contributed by atoms with Gasteiger partial charge in [0.15, 0.2) is 0 Å². The van der Waals surface area contributed by atoms with Gasteiger partial charge in [0.05, 0.1) is 6.17 Å². The molecule has 0 aromatic rings. The van der Waals surface area contributed by atoms with Crippen molar-refractivity contribution in [2.75, 3.05) is 13.1 Å². The molecule has 1 unspecified atom stereocenters. The highest BCUT2D eigenvalue weighted by Crippen LogP contribution is 2.18. The SMILES string of the molecule is CCCCCCCCCCCCN1C=CN(CCCCCCCC)C1C.[Br-]. The van der Waals surface area contributed by atoms with Crippen molar-refractivity contribution in [1.82, 2.24) is 9.80 Å². The smallest absolute Gasteiger partial charge is 0.0977 e. The second kappa shape index (κ2) is 19.2. The zero-order valence-electron chi connectivity index (χ0n) is 18.7. The number of rotatable bonds is 18. The maximum absolute atomic E-state index is 2.54. The lowest BCUT2D eigenvalue weighted by atomic mass is 10.1. The average Bonchev–Trinajstić information content (AvgIpc) is 2.99. The third kappa shape index (κ3) is 13.6. The summed E-state index contributed by atoms with van der Waals surface area (Å²) in [6.07, 6.45) is 27.8. The number of hydrogen-bond donors (Lipinski definition) is 0. The molecule has 1 rings (SSSR count). The van der Waals surface area contributed by atoms with Crippen LogP contribution < -0.4 is 17.0 Å². The molecule has 1 atom stereocenters. The molecule has 0 aliphatic carbocycles. The zero-order chi connectivity index (χ0) is 18.9. The molecule has 27 heavy (non-hydrogen) atoms. The van der Waals surface area contributed by atoms with Crippen LogP contribution in [0.2, 0.25) is 0 Å². The van der Waals surface area contributed by atoms with Crippen LogP contribution in [-0.4, -0.2) is 29.1 Å². The van der Waals surface area contributed by atoms with Gasteiger partial charge in [-0.2, -0.15) is 0 Å². The van der Waals surface area contributed by atoms with Gasteiger partial charge in [-0.1, -0.05) is 104 Å². The number of unbranched alkanes of at least 4 members (excludes halogenated alkanes) is 14. The molecule has 0 amide bonds. The highest BCUT2D eigenvalue weighted by atomic mass is 79.9. The minimum Gasteiger partial charge on any atom is -1.00 e. The normalized spacial score (nSPS) is 16.2. The van der Waals surface area contributed by atoms with E-state index in [2.05, 4.69) is 43.0 Å². The van der Waals surface area contributed by atoms with Gasteiger partial charge in [-0.3, -0.25) is 0 Å². The molecular formula is C24H48BrN2-. The first-order valence-electron chi connectivity index (χ1n) is 12.0. The highest BCUT2D eigenvalue weighted by Gasteiger charge is 2.20. The van der Waals surface area contributed by atoms with Crippen molar-refractivity contribution in [2.24, 2.45) is 0 Å². The van der Waals surface area contributed by atoms with Crippen LogP contribution in [0.3, 0.4) is 0 Å². The largest absolute Gasteiger partial charge is 1.00 e. The molecule has 1 aliphatic rings. The van der Waals surface area contributed by atoms with Gasteiger partial charge in [0.1, 0.15) is 0 Å². The van der Waals surface area contributed by atoms with Crippen molar-refractivity contribution in [3.63, 3.8) is 0 Å². The van der Waals surface area contributed by atoms with Crippen LogP contribution in [0.25, 0.3) is 0 Å². The summed E-state index contributed by atoms with van der Waals surface area (Å²) < 4.78 is 0. The molecule has 0 radical (unpaired) electrons. The lowest BCUT2D eigenvalue weighted by Crippen LogP contribution is -3.00. The fraction of sp³-hybridized carbons (Fsp3) is 0.917. The number of halogens is 1. The Labute approximate surface area is 181 Å². The third-order valence-corrected chi connectivity index (χ3v) is 5.95. The maximum Gasteiger partial charge on any atom is 0.0977 e. The van der Waals surface area contributed by atoms with Crippen molar-refractivity contribution in [3.8, 4) is 0 Å². The summed E-state index contributed by atoms with van der Waals surface area (Å²) in [6, 6.07) is 0. The molecule has 0 aromatic carbocycles. The standard InChI is InChI=1S/C24H48N2.BrH/c1-4-6-8-10-12-13-14-15-17-19-21-26-23-22-25(24(26)3)20-18-16-11-9-7-5-2;/h22-24H,4-21H2,1-3H3;1H/p-1. The van der Waals surface area contributed by atoms with Crippen LogP contribution in [0.1, 0.15) is 124 Å². The monoisotopic (exact) mass is 443 g/mol. The van der Waals surface area contributed by atoms with E-state index in [1.165, 1.54) is 116 Å². The van der Waals surface area contributed by atoms with Gasteiger partial charge in [-0.15, -0.1) is 0 Å². The molecule has 0 bridgehead atoms. The Morgan fingerprint density at radius 1 is 0.519 bits per heavy atom. The van der Waals surface area contributed by atoms with Gasteiger partial charge >= 0.3 is 0 Å². The Bertz CT molecular complexity index is 332. The molecule has 0 N–H and O–H groups in total. The Balaban J connectivity index is 0.00000676. The van der Waals surface area contributed by atoms with Crippen molar-refractivity contribution >= 4 is 0 Å². The van der Waals surface area contributed by atoms with Crippen molar-refractivity contribution in [1.29, 1.82) is 0 Å². The fourth-order valence-corrected chi connectivity index (χ4v) is 3.99. The van der Waals surface area contributed by atoms with Gasteiger partial charge in [0.25, 0.3) is 0 Å². The van der Waals surface area contributed by atoms with Crippen molar-refractivity contribution < 1.29 is 17.0 Å². The van der Waals surface area contributed by atoms with Crippen LogP contribution in [0.4, 0.5) is 0 Å². The van der Waals surface area contributed by atoms with Crippen molar-refractivity contribution in [2.45, 2.75) is 130 Å². The van der Waals surface area contributed by atoms with Crippen LogP contribution >= 0.6 is 0 Å². The first-order chi connectivity index (χ1) is 12.8. The summed E-state index contributed by atoms with van der Waals surface area (Å²) in [7, 11) is 0. The molecular weight excluding hydrogens is 396 g/mol. The average molecular weight is 445 g/mol. The lowest BCUT2D eigenvalue weighted by Gasteiger charge is -2.30. The Kier molecular flexibility index (Phi) is 19.0. The molecule has 0 fully saturated rings. The summed E-state index contributed by atoms with van der Waals surface area (Å²) in [4.78, 5) is 5.08. The first kappa shape index (κ1) is 26.8. The van der Waals surface area contributed by atoms with Crippen LogP contribution in [0.15, 0.2) is 12.4 Å². The van der Waals surface area contributed by atoms with Gasteiger partial charge < -0.3 is 26.8 Å². The summed E-state index contributed by atoms with van der Waals surface area (Å²) in [5, 5.41) is 0. The summed E-state index contributed by atoms with van der Waals surface area (Å²) in [6.45, 7) is 9.43. The quantitative estimate of drug-likeness (QED) is 0.283. The van der Waals surface area contributed by atoms with Gasteiger partial charge in [0.2, 0.25) is 0 Å². The second-order valence-electron chi connectivity index (χ2n) is 8.36. The topological polar surface area (TPSA) is 6.48 Å².